The number of thioether (sulfide) groups is 2. The maximum absolute atomic E-state index is 12.3. The summed E-state index contributed by atoms with van der Waals surface area (Å²) in [4.78, 5) is 34.9. The van der Waals surface area contributed by atoms with Crippen LogP contribution in [0.25, 0.3) is 0 Å². The predicted octanol–water partition coefficient (Wildman–Crippen LogP) is 3.86. The summed E-state index contributed by atoms with van der Waals surface area (Å²) < 4.78 is 0. The van der Waals surface area contributed by atoms with Crippen molar-refractivity contribution in [1.82, 2.24) is 10.6 Å². The fourth-order valence-electron chi connectivity index (χ4n) is 4.58. The Labute approximate surface area is 204 Å². The van der Waals surface area contributed by atoms with Crippen LogP contribution < -0.4 is 10.6 Å². The maximum atomic E-state index is 12.3. The number of amides is 2. The van der Waals surface area contributed by atoms with Crippen molar-refractivity contribution in [3.05, 3.63) is 48.0 Å². The Morgan fingerprint density at radius 2 is 1.79 bits per heavy atom. The van der Waals surface area contributed by atoms with Crippen LogP contribution in [0.2, 0.25) is 0 Å². The van der Waals surface area contributed by atoms with Crippen LogP contribution in [0.3, 0.4) is 0 Å². The molecule has 2 saturated heterocycles. The molecule has 0 saturated carbocycles. The molecule has 3 rings (SSSR count). The number of carboxylic acid groups (broad SMARTS) is 1. The minimum absolute atomic E-state index is 0.0207. The number of hydrogen-bond acceptors (Lipinski definition) is 5. The van der Waals surface area contributed by atoms with Crippen LogP contribution in [-0.4, -0.2) is 52.2 Å². The first-order valence-corrected chi connectivity index (χ1v) is 13.8. The number of hydrogen-bond donors (Lipinski definition) is 3. The average molecular weight is 491 g/mol. The van der Waals surface area contributed by atoms with Gasteiger partial charge < -0.3 is 15.7 Å². The molecule has 2 aliphatic heterocycles. The first kappa shape index (κ1) is 25.7. The molecule has 8 heteroatoms. The van der Waals surface area contributed by atoms with E-state index in [0.717, 1.165) is 18.6 Å². The Bertz CT molecular complexity index is 818. The molecule has 180 valence electrons. The van der Waals surface area contributed by atoms with Crippen LogP contribution in [0.4, 0.5) is 0 Å². The topological polar surface area (TPSA) is 95.5 Å². The highest BCUT2D eigenvalue weighted by atomic mass is 32.2. The molecule has 0 aliphatic carbocycles. The number of aliphatic carboxylic acids is 1. The van der Waals surface area contributed by atoms with Gasteiger partial charge in [0.15, 0.2) is 0 Å². The highest BCUT2D eigenvalue weighted by Crippen LogP contribution is 2.54. The molecule has 4 atom stereocenters. The largest absolute Gasteiger partial charge is 0.481 e. The van der Waals surface area contributed by atoms with E-state index in [1.54, 1.807) is 11.8 Å². The number of unbranched alkanes of at least 4 members (excludes halogenated alkanes) is 1. The van der Waals surface area contributed by atoms with E-state index in [4.69, 9.17) is 5.11 Å². The van der Waals surface area contributed by atoms with Crippen molar-refractivity contribution >= 4 is 41.3 Å². The van der Waals surface area contributed by atoms with E-state index in [1.165, 1.54) is 18.4 Å². The minimum atomic E-state index is -0.745. The number of allylic oxidation sites excluding steroid dienone is 2. The highest BCUT2D eigenvalue weighted by Gasteiger charge is 2.47. The third-order valence-electron chi connectivity index (χ3n) is 6.25. The molecular formula is C25H34N2O4S2. The van der Waals surface area contributed by atoms with Crippen LogP contribution >= 0.6 is 23.5 Å². The lowest BCUT2D eigenvalue weighted by Gasteiger charge is -2.29. The van der Waals surface area contributed by atoms with Gasteiger partial charge in [-0.1, -0.05) is 42.5 Å². The van der Waals surface area contributed by atoms with E-state index < -0.39 is 5.97 Å². The zero-order chi connectivity index (χ0) is 23.5. The molecule has 2 heterocycles. The summed E-state index contributed by atoms with van der Waals surface area (Å²) in [5, 5.41) is 15.7. The minimum Gasteiger partial charge on any atom is -0.481 e. The lowest BCUT2D eigenvalue weighted by molar-refractivity contribution is -0.137. The third-order valence-corrected chi connectivity index (χ3v) is 9.13. The van der Waals surface area contributed by atoms with Gasteiger partial charge in [0.05, 0.1) is 12.3 Å². The molecule has 0 spiro atoms. The molecule has 2 amide bonds. The molecule has 0 unspecified atom stereocenters. The molecule has 1 aromatic carbocycles. The number of rotatable bonds is 14. The van der Waals surface area contributed by atoms with Crippen molar-refractivity contribution in [2.45, 2.75) is 54.8 Å². The molecule has 2 fully saturated rings. The van der Waals surface area contributed by atoms with Crippen LogP contribution in [0, 0.1) is 11.8 Å². The molecule has 3 N–H and O–H groups in total. The first-order chi connectivity index (χ1) is 16.0. The Morgan fingerprint density at radius 1 is 1.03 bits per heavy atom. The second-order valence-electron chi connectivity index (χ2n) is 8.67. The number of benzene rings is 1. The van der Waals surface area contributed by atoms with Crippen molar-refractivity contribution in [2.24, 2.45) is 11.8 Å². The summed E-state index contributed by atoms with van der Waals surface area (Å²) >= 11 is 3.60. The van der Waals surface area contributed by atoms with Gasteiger partial charge in [-0.3, -0.25) is 14.4 Å². The van der Waals surface area contributed by atoms with Gasteiger partial charge in [0.1, 0.15) is 0 Å². The molecular weight excluding hydrogens is 456 g/mol. The van der Waals surface area contributed by atoms with Gasteiger partial charge in [0, 0.05) is 29.2 Å². The molecule has 0 radical (unpaired) electrons. The fourth-order valence-corrected chi connectivity index (χ4v) is 7.41. The summed E-state index contributed by atoms with van der Waals surface area (Å²) in [6.07, 6.45) is 9.41. The summed E-state index contributed by atoms with van der Waals surface area (Å²) in [7, 11) is 0. The van der Waals surface area contributed by atoms with E-state index in [1.807, 2.05) is 30.3 Å². The maximum Gasteiger partial charge on any atom is 0.303 e. The van der Waals surface area contributed by atoms with Crippen LogP contribution in [0.15, 0.2) is 42.5 Å². The molecule has 1 aromatic rings. The van der Waals surface area contributed by atoms with Gasteiger partial charge in [0.25, 0.3) is 0 Å². The summed E-state index contributed by atoms with van der Waals surface area (Å²) in [6.45, 7) is 0.677. The number of fused-ring (bicyclic) bond motifs is 2. The van der Waals surface area contributed by atoms with E-state index >= 15 is 0 Å². The average Bonchev–Trinajstić information content (AvgIpc) is 3.41. The van der Waals surface area contributed by atoms with Gasteiger partial charge in [0.2, 0.25) is 11.8 Å². The Balaban J connectivity index is 1.32. The lowest BCUT2D eigenvalue weighted by atomic mass is 9.77. The van der Waals surface area contributed by atoms with Gasteiger partial charge >= 0.3 is 5.97 Å². The Morgan fingerprint density at radius 3 is 2.55 bits per heavy atom. The van der Waals surface area contributed by atoms with Crippen molar-refractivity contribution < 1.29 is 19.5 Å². The molecule has 2 bridgehead atoms. The first-order valence-electron chi connectivity index (χ1n) is 11.7. The highest BCUT2D eigenvalue weighted by molar-refractivity contribution is 8.01. The standard InChI is InChI=1S/C25H34N2O4S2/c28-23(15-27-24(29)17-32-16-18-8-4-3-5-9-18)26-14-20-19(21-12-13-22(20)33-21)10-6-1-2-7-11-25(30)31/h1,3-6,8-9,19-22H,2,7,10-17H2,(H,26,28)(H,27,29)(H,30,31)/b6-1-/t19-,20+,21-,22+/m0/s1. The third kappa shape index (κ3) is 8.74. The predicted molar refractivity (Wildman–Crippen MR) is 135 cm³/mol. The Kier molecular flexibility index (Phi) is 10.7. The molecule has 0 aromatic heterocycles. The van der Waals surface area contributed by atoms with Crippen molar-refractivity contribution in [3.63, 3.8) is 0 Å². The smallest absolute Gasteiger partial charge is 0.303 e. The quantitative estimate of drug-likeness (QED) is 0.271. The zero-order valence-electron chi connectivity index (χ0n) is 18.9. The van der Waals surface area contributed by atoms with Crippen LogP contribution in [-0.2, 0) is 20.1 Å². The van der Waals surface area contributed by atoms with Gasteiger partial charge in [-0.25, -0.2) is 0 Å². The number of carbonyl (C=O) groups is 3. The van der Waals surface area contributed by atoms with Crippen molar-refractivity contribution in [3.8, 4) is 0 Å². The summed E-state index contributed by atoms with van der Waals surface area (Å²) in [5.74, 6) is 1.13. The van der Waals surface area contributed by atoms with E-state index in [9.17, 15) is 14.4 Å². The van der Waals surface area contributed by atoms with Crippen molar-refractivity contribution in [1.29, 1.82) is 0 Å². The lowest BCUT2D eigenvalue weighted by Crippen LogP contribution is -2.42. The number of carboxylic acids is 1. The van der Waals surface area contributed by atoms with E-state index in [0.29, 0.717) is 41.1 Å². The zero-order valence-corrected chi connectivity index (χ0v) is 20.5. The fraction of sp³-hybridized carbons (Fsp3) is 0.560. The van der Waals surface area contributed by atoms with Crippen LogP contribution in [0.1, 0.15) is 44.1 Å². The monoisotopic (exact) mass is 490 g/mol. The van der Waals surface area contributed by atoms with Gasteiger partial charge in [-0.2, -0.15) is 11.8 Å². The number of carbonyl (C=O) groups excluding carboxylic acids is 2. The normalized spacial score (nSPS) is 23.6. The van der Waals surface area contributed by atoms with Gasteiger partial charge in [-0.15, -0.1) is 11.8 Å². The molecule has 33 heavy (non-hydrogen) atoms. The van der Waals surface area contributed by atoms with E-state index in [2.05, 4.69) is 34.5 Å². The summed E-state index contributed by atoms with van der Waals surface area (Å²) in [6, 6.07) is 10.0. The molecule has 2 aliphatic rings. The number of nitrogens with one attached hydrogen (secondary N) is 2. The van der Waals surface area contributed by atoms with Crippen molar-refractivity contribution in [2.75, 3.05) is 18.8 Å². The second kappa shape index (κ2) is 13.7. The van der Waals surface area contributed by atoms with E-state index in [-0.39, 0.29) is 24.8 Å². The SMILES string of the molecule is O=C(O)CCC/C=C\C[C@H]1[C@@H](CNC(=O)CNC(=O)CSCc2ccccc2)[C@H]2CC[C@@H]1S2. The molecule has 6 nitrogen and oxygen atoms in total. The summed E-state index contributed by atoms with van der Waals surface area (Å²) in [5.41, 5.74) is 1.18. The van der Waals surface area contributed by atoms with Crippen LogP contribution in [0.5, 0.6) is 0 Å². The second-order valence-corrected chi connectivity index (χ2v) is 11.1. The Hall–Kier alpha value is -1.93. The van der Waals surface area contributed by atoms with Gasteiger partial charge in [-0.05, 0) is 49.5 Å².